The summed E-state index contributed by atoms with van der Waals surface area (Å²) < 4.78 is 32.0. The molecule has 0 unspecified atom stereocenters. The molecule has 0 aliphatic carbocycles. The van der Waals surface area contributed by atoms with Crippen molar-refractivity contribution in [3.63, 3.8) is 0 Å². The summed E-state index contributed by atoms with van der Waals surface area (Å²) in [5, 5.41) is 5.47. The Hall–Kier alpha value is -3.27. The van der Waals surface area contributed by atoms with Crippen LogP contribution in [0.3, 0.4) is 0 Å². The number of benzene rings is 2. The van der Waals surface area contributed by atoms with Crippen molar-refractivity contribution < 1.29 is 17.9 Å². The molecule has 0 spiro atoms. The van der Waals surface area contributed by atoms with Gasteiger partial charge in [-0.25, -0.2) is 8.42 Å². The minimum absolute atomic E-state index is 0.0789. The Morgan fingerprint density at radius 3 is 2.31 bits per heavy atom. The van der Waals surface area contributed by atoms with Crippen LogP contribution in [0.25, 0.3) is 6.08 Å². The van der Waals surface area contributed by atoms with Gasteiger partial charge in [-0.05, 0) is 48.6 Å². The molecule has 168 valence electrons. The van der Waals surface area contributed by atoms with E-state index in [0.29, 0.717) is 11.4 Å². The average molecular weight is 472 g/mol. The molecule has 0 saturated heterocycles. The van der Waals surface area contributed by atoms with Crippen LogP contribution in [-0.4, -0.2) is 43.9 Å². The van der Waals surface area contributed by atoms with Crippen LogP contribution >= 0.6 is 12.2 Å². The number of para-hydroxylation sites is 1. The third-order valence-corrected chi connectivity index (χ3v) is 6.26. The number of rotatable bonds is 10. The van der Waals surface area contributed by atoms with Gasteiger partial charge in [0.2, 0.25) is 15.9 Å². The lowest BCUT2D eigenvalue weighted by Gasteiger charge is -2.19. The van der Waals surface area contributed by atoms with Crippen LogP contribution in [-0.2, 0) is 14.8 Å². The number of carbonyl (C=O) groups is 1. The van der Waals surface area contributed by atoms with E-state index in [1.807, 2.05) is 18.2 Å². The van der Waals surface area contributed by atoms with Gasteiger partial charge in [-0.3, -0.25) is 10.1 Å². The molecule has 0 aliphatic rings. The van der Waals surface area contributed by atoms with Crippen molar-refractivity contribution in [1.82, 2.24) is 9.62 Å². The monoisotopic (exact) mass is 471 g/mol. The van der Waals surface area contributed by atoms with Crippen LogP contribution in [0.2, 0.25) is 0 Å². The van der Waals surface area contributed by atoms with Crippen molar-refractivity contribution in [1.29, 1.82) is 0 Å². The molecular formula is C23H25N3O4S2. The lowest BCUT2D eigenvalue weighted by atomic mass is 10.2. The minimum Gasteiger partial charge on any atom is -0.496 e. The van der Waals surface area contributed by atoms with E-state index in [0.717, 1.165) is 5.56 Å². The number of nitrogens with one attached hydrogen (secondary N) is 2. The molecule has 0 atom stereocenters. The summed E-state index contributed by atoms with van der Waals surface area (Å²) in [7, 11) is -2.13. The molecule has 2 aromatic rings. The van der Waals surface area contributed by atoms with Gasteiger partial charge < -0.3 is 10.1 Å². The molecule has 1 amide bonds. The number of ether oxygens (including phenoxy) is 1. The summed E-state index contributed by atoms with van der Waals surface area (Å²) in [6, 6.07) is 13.3. The number of hydrogen-bond acceptors (Lipinski definition) is 5. The molecule has 2 rings (SSSR count). The highest BCUT2D eigenvalue weighted by Gasteiger charge is 2.22. The molecule has 32 heavy (non-hydrogen) atoms. The van der Waals surface area contributed by atoms with Crippen LogP contribution < -0.4 is 15.4 Å². The predicted molar refractivity (Wildman–Crippen MR) is 132 cm³/mol. The zero-order chi connectivity index (χ0) is 23.6. The van der Waals surface area contributed by atoms with E-state index in [4.69, 9.17) is 17.0 Å². The van der Waals surface area contributed by atoms with E-state index in [1.54, 1.807) is 31.4 Å². The quantitative estimate of drug-likeness (QED) is 0.313. The molecule has 0 bridgehead atoms. The summed E-state index contributed by atoms with van der Waals surface area (Å²) in [5.74, 6) is 0.226. The molecule has 0 aromatic heterocycles. The van der Waals surface area contributed by atoms with Crippen molar-refractivity contribution >= 4 is 45.0 Å². The Balaban J connectivity index is 2.00. The maximum atomic E-state index is 12.7. The van der Waals surface area contributed by atoms with Crippen molar-refractivity contribution in [3.8, 4) is 5.75 Å². The first-order chi connectivity index (χ1) is 15.3. The Labute approximate surface area is 194 Å². The van der Waals surface area contributed by atoms with Crippen LogP contribution in [0.15, 0.2) is 84.8 Å². The van der Waals surface area contributed by atoms with Crippen molar-refractivity contribution in [2.45, 2.75) is 4.90 Å². The first-order valence-electron chi connectivity index (χ1n) is 9.57. The van der Waals surface area contributed by atoms with E-state index in [1.165, 1.54) is 34.7 Å². The zero-order valence-corrected chi connectivity index (χ0v) is 19.3. The van der Waals surface area contributed by atoms with Crippen molar-refractivity contribution in [2.24, 2.45) is 0 Å². The summed E-state index contributed by atoms with van der Waals surface area (Å²) in [4.78, 5) is 12.3. The third-order valence-electron chi connectivity index (χ3n) is 4.21. The third kappa shape index (κ3) is 6.88. The molecule has 2 aromatic carbocycles. The molecule has 2 N–H and O–H groups in total. The Kier molecular flexibility index (Phi) is 9.33. The number of carbonyl (C=O) groups excluding carboxylic acids is 1. The fourth-order valence-electron chi connectivity index (χ4n) is 2.70. The highest BCUT2D eigenvalue weighted by Crippen LogP contribution is 2.19. The van der Waals surface area contributed by atoms with Gasteiger partial charge in [0.15, 0.2) is 5.11 Å². The summed E-state index contributed by atoms with van der Waals surface area (Å²) in [6.07, 6.45) is 5.99. The summed E-state index contributed by atoms with van der Waals surface area (Å²) in [5.41, 5.74) is 1.28. The second-order valence-electron chi connectivity index (χ2n) is 6.44. The average Bonchev–Trinajstić information content (AvgIpc) is 2.78. The highest BCUT2D eigenvalue weighted by atomic mass is 32.2. The number of anilines is 1. The van der Waals surface area contributed by atoms with E-state index in [-0.39, 0.29) is 23.1 Å². The van der Waals surface area contributed by atoms with Gasteiger partial charge in [-0.2, -0.15) is 4.31 Å². The minimum atomic E-state index is -3.69. The highest BCUT2D eigenvalue weighted by molar-refractivity contribution is 7.89. The number of nitrogens with zero attached hydrogens (tertiary/aromatic N) is 1. The second kappa shape index (κ2) is 11.9. The molecule has 0 fully saturated rings. The summed E-state index contributed by atoms with van der Waals surface area (Å²) in [6.45, 7) is 7.52. The van der Waals surface area contributed by atoms with Crippen LogP contribution in [0.1, 0.15) is 5.56 Å². The fourth-order valence-corrected chi connectivity index (χ4v) is 4.30. The smallest absolute Gasteiger partial charge is 0.250 e. The van der Waals surface area contributed by atoms with Crippen LogP contribution in [0.5, 0.6) is 5.75 Å². The second-order valence-corrected chi connectivity index (χ2v) is 8.79. The van der Waals surface area contributed by atoms with Crippen molar-refractivity contribution in [3.05, 3.63) is 85.5 Å². The molecule has 0 aliphatic heterocycles. The van der Waals surface area contributed by atoms with Gasteiger partial charge in [-0.15, -0.1) is 13.2 Å². The Morgan fingerprint density at radius 2 is 1.72 bits per heavy atom. The Bertz CT molecular complexity index is 1100. The largest absolute Gasteiger partial charge is 0.496 e. The van der Waals surface area contributed by atoms with Gasteiger partial charge in [0.05, 0.1) is 12.0 Å². The van der Waals surface area contributed by atoms with Gasteiger partial charge in [-0.1, -0.05) is 30.4 Å². The molecule has 7 nitrogen and oxygen atoms in total. The molecule has 0 saturated carbocycles. The predicted octanol–water partition coefficient (Wildman–Crippen LogP) is 3.58. The Morgan fingerprint density at radius 1 is 1.09 bits per heavy atom. The number of methoxy groups -OCH3 is 1. The molecule has 0 heterocycles. The molecule has 9 heteroatoms. The van der Waals surface area contributed by atoms with Crippen LogP contribution in [0, 0.1) is 0 Å². The van der Waals surface area contributed by atoms with Crippen LogP contribution in [0.4, 0.5) is 5.69 Å². The first-order valence-corrected chi connectivity index (χ1v) is 11.4. The van der Waals surface area contributed by atoms with Gasteiger partial charge in [0.25, 0.3) is 0 Å². The van der Waals surface area contributed by atoms with Gasteiger partial charge in [0.1, 0.15) is 5.75 Å². The summed E-state index contributed by atoms with van der Waals surface area (Å²) >= 11 is 5.16. The number of amides is 1. The van der Waals surface area contributed by atoms with Gasteiger partial charge in [0, 0.05) is 30.4 Å². The maximum Gasteiger partial charge on any atom is 0.250 e. The SMILES string of the molecule is C=CCN(CC=C)S(=O)(=O)c1ccc(NC(=S)NC(=O)C=Cc2ccccc2OC)cc1. The number of sulfonamides is 1. The lowest BCUT2D eigenvalue weighted by molar-refractivity contribution is -0.115. The first kappa shape index (κ1) is 25.0. The number of thiocarbonyl (C=S) groups is 1. The van der Waals surface area contributed by atoms with E-state index >= 15 is 0 Å². The topological polar surface area (TPSA) is 87.7 Å². The normalized spacial score (nSPS) is 11.2. The molecular weight excluding hydrogens is 446 g/mol. The fraction of sp³-hybridized carbons (Fsp3) is 0.130. The zero-order valence-electron chi connectivity index (χ0n) is 17.7. The number of hydrogen-bond donors (Lipinski definition) is 2. The van der Waals surface area contributed by atoms with Gasteiger partial charge >= 0.3 is 0 Å². The molecule has 0 radical (unpaired) electrons. The van der Waals surface area contributed by atoms with Crippen molar-refractivity contribution in [2.75, 3.05) is 25.5 Å². The standard InChI is InChI=1S/C23H25N3O4S2/c1-4-16-26(17-5-2)32(28,29)20-13-11-19(12-14-20)24-23(31)25-22(27)15-10-18-8-6-7-9-21(18)30-3/h4-15H,1-2,16-17H2,3H3,(H2,24,25,27,31). The maximum absolute atomic E-state index is 12.7. The van der Waals surface area contributed by atoms with E-state index in [2.05, 4.69) is 23.8 Å². The van der Waals surface area contributed by atoms with E-state index in [9.17, 15) is 13.2 Å². The lowest BCUT2D eigenvalue weighted by Crippen LogP contribution is -2.33. The van der Waals surface area contributed by atoms with E-state index < -0.39 is 15.9 Å².